The molecule has 1 amide bonds. The maximum atomic E-state index is 12.2. The molecular weight excluding hydrogens is 528 g/mol. The minimum absolute atomic E-state index is 0.00458. The lowest BCUT2D eigenvalue weighted by molar-refractivity contribution is 0.0296. The van der Waals surface area contributed by atoms with Gasteiger partial charge in [-0.2, -0.15) is 0 Å². The number of amides is 1. The number of anilines is 1. The number of alkyl carbamates (subject to hydrolysis) is 1. The molecule has 2 aromatic rings. The van der Waals surface area contributed by atoms with Crippen molar-refractivity contribution in [3.8, 4) is 0 Å². The standard InChI is InChI=1S/C29H48N4O6Si/c1-9-29(5,37)23-16-21-24(31-19-10-12-20(13-11-19)32-27(36)39-28(2,3)4)22(26(34)35)17-30-25(21)33(23)18-38-14-15-40(6,7)8/h16-17,19-20,37H,9-15,18H2,1-8H3,(H,30,31)(H,32,36)(H,34,35)/t19-,20-,29?. The summed E-state index contributed by atoms with van der Waals surface area (Å²) in [7, 11) is -1.27. The minimum Gasteiger partial charge on any atom is -0.478 e. The lowest BCUT2D eigenvalue weighted by Crippen LogP contribution is -2.42. The smallest absolute Gasteiger partial charge is 0.407 e. The second-order valence-electron chi connectivity index (χ2n) is 13.4. The van der Waals surface area contributed by atoms with Crippen LogP contribution in [-0.2, 0) is 21.8 Å². The number of aliphatic hydroxyl groups is 1. The zero-order valence-electron chi connectivity index (χ0n) is 25.4. The maximum Gasteiger partial charge on any atom is 0.407 e. The van der Waals surface area contributed by atoms with Gasteiger partial charge in [0.15, 0.2) is 0 Å². The number of ether oxygens (including phenoxy) is 2. The molecule has 224 valence electrons. The number of hydrogen-bond acceptors (Lipinski definition) is 7. The first-order chi connectivity index (χ1) is 18.5. The van der Waals surface area contributed by atoms with Gasteiger partial charge in [-0.1, -0.05) is 26.6 Å². The number of carboxylic acids is 1. The van der Waals surface area contributed by atoms with E-state index in [4.69, 9.17) is 9.47 Å². The molecule has 2 heterocycles. The third-order valence-corrected chi connectivity index (χ3v) is 9.11. The van der Waals surface area contributed by atoms with E-state index in [1.54, 1.807) is 6.92 Å². The lowest BCUT2D eigenvalue weighted by Gasteiger charge is -2.31. The molecule has 1 saturated carbocycles. The largest absolute Gasteiger partial charge is 0.478 e. The predicted molar refractivity (Wildman–Crippen MR) is 160 cm³/mol. The van der Waals surface area contributed by atoms with Crippen molar-refractivity contribution in [3.05, 3.63) is 23.5 Å². The van der Waals surface area contributed by atoms with Crippen LogP contribution in [0.25, 0.3) is 11.0 Å². The van der Waals surface area contributed by atoms with Crippen LogP contribution in [-0.4, -0.2) is 64.2 Å². The molecule has 0 aliphatic heterocycles. The van der Waals surface area contributed by atoms with Crippen molar-refractivity contribution in [1.29, 1.82) is 0 Å². The molecule has 1 atom stereocenters. The lowest BCUT2D eigenvalue weighted by atomic mass is 9.90. The van der Waals surface area contributed by atoms with Crippen LogP contribution >= 0.6 is 0 Å². The molecule has 1 unspecified atom stereocenters. The first-order valence-electron chi connectivity index (χ1n) is 14.3. The number of rotatable bonds is 11. The molecule has 2 aromatic heterocycles. The van der Waals surface area contributed by atoms with Crippen molar-refractivity contribution in [2.75, 3.05) is 11.9 Å². The van der Waals surface area contributed by atoms with Crippen LogP contribution in [0.1, 0.15) is 82.8 Å². The Morgan fingerprint density at radius 2 is 1.75 bits per heavy atom. The third-order valence-electron chi connectivity index (χ3n) is 7.41. The van der Waals surface area contributed by atoms with E-state index in [1.807, 2.05) is 38.3 Å². The first kappa shape index (κ1) is 31.9. The molecule has 40 heavy (non-hydrogen) atoms. The predicted octanol–water partition coefficient (Wildman–Crippen LogP) is 5.91. The van der Waals surface area contributed by atoms with Crippen molar-refractivity contribution in [2.45, 2.75) is 122 Å². The number of hydrogen-bond donors (Lipinski definition) is 4. The Morgan fingerprint density at radius 1 is 1.12 bits per heavy atom. The van der Waals surface area contributed by atoms with Crippen LogP contribution in [0.3, 0.4) is 0 Å². The van der Waals surface area contributed by atoms with Gasteiger partial charge < -0.3 is 34.9 Å². The normalized spacial score (nSPS) is 19.7. The van der Waals surface area contributed by atoms with E-state index in [2.05, 4.69) is 35.3 Å². The van der Waals surface area contributed by atoms with Crippen LogP contribution in [0.5, 0.6) is 0 Å². The molecule has 0 saturated heterocycles. The Morgan fingerprint density at radius 3 is 2.30 bits per heavy atom. The van der Waals surface area contributed by atoms with Gasteiger partial charge in [-0.15, -0.1) is 0 Å². The van der Waals surface area contributed by atoms with E-state index in [0.29, 0.717) is 35.4 Å². The zero-order valence-corrected chi connectivity index (χ0v) is 26.4. The van der Waals surface area contributed by atoms with E-state index in [-0.39, 0.29) is 24.4 Å². The molecule has 11 heteroatoms. The summed E-state index contributed by atoms with van der Waals surface area (Å²) < 4.78 is 13.3. The second kappa shape index (κ2) is 12.5. The summed E-state index contributed by atoms with van der Waals surface area (Å²) in [5.41, 5.74) is 0.0938. The van der Waals surface area contributed by atoms with Gasteiger partial charge in [0, 0.05) is 38.3 Å². The van der Waals surface area contributed by atoms with Gasteiger partial charge in [-0.3, -0.25) is 0 Å². The molecule has 10 nitrogen and oxygen atoms in total. The fourth-order valence-corrected chi connectivity index (χ4v) is 5.62. The number of nitrogens with zero attached hydrogens (tertiary/aromatic N) is 2. The number of pyridine rings is 1. The molecule has 0 aromatic carbocycles. The highest BCUT2D eigenvalue weighted by molar-refractivity contribution is 6.76. The average Bonchev–Trinajstić information content (AvgIpc) is 3.21. The number of fused-ring (bicyclic) bond motifs is 1. The highest BCUT2D eigenvalue weighted by atomic mass is 28.3. The van der Waals surface area contributed by atoms with Gasteiger partial charge in [-0.25, -0.2) is 14.6 Å². The van der Waals surface area contributed by atoms with Gasteiger partial charge >= 0.3 is 12.1 Å². The number of carbonyl (C=O) groups excluding carboxylic acids is 1. The van der Waals surface area contributed by atoms with E-state index in [0.717, 1.165) is 31.7 Å². The van der Waals surface area contributed by atoms with Gasteiger partial charge in [0.25, 0.3) is 0 Å². The minimum atomic E-state index is -1.27. The van der Waals surface area contributed by atoms with Crippen LogP contribution in [0.15, 0.2) is 12.3 Å². The highest BCUT2D eigenvalue weighted by Crippen LogP contribution is 2.36. The zero-order chi connectivity index (χ0) is 29.9. The van der Waals surface area contributed by atoms with Crippen molar-refractivity contribution >= 4 is 36.9 Å². The van der Waals surface area contributed by atoms with Crippen molar-refractivity contribution in [2.24, 2.45) is 0 Å². The van der Waals surface area contributed by atoms with E-state index in [9.17, 15) is 19.8 Å². The number of aromatic nitrogens is 2. The Balaban J connectivity index is 1.86. The van der Waals surface area contributed by atoms with E-state index < -0.39 is 31.3 Å². The first-order valence-corrected chi connectivity index (χ1v) is 18.0. The Hall–Kier alpha value is -2.63. The Bertz CT molecular complexity index is 1190. The van der Waals surface area contributed by atoms with Crippen LogP contribution in [0, 0.1) is 0 Å². The molecule has 1 aliphatic carbocycles. The topological polar surface area (TPSA) is 135 Å². The summed E-state index contributed by atoms with van der Waals surface area (Å²) in [5, 5.41) is 28.3. The number of nitrogens with one attached hydrogen (secondary N) is 2. The Labute approximate surface area is 238 Å². The monoisotopic (exact) mass is 576 g/mol. The number of aromatic carboxylic acids is 1. The molecule has 0 bridgehead atoms. The highest BCUT2D eigenvalue weighted by Gasteiger charge is 2.31. The van der Waals surface area contributed by atoms with E-state index in [1.165, 1.54) is 6.20 Å². The van der Waals surface area contributed by atoms with Crippen molar-refractivity contribution in [3.63, 3.8) is 0 Å². The summed E-state index contributed by atoms with van der Waals surface area (Å²) in [5.74, 6) is -1.07. The fourth-order valence-electron chi connectivity index (χ4n) is 4.87. The average molecular weight is 577 g/mol. The summed E-state index contributed by atoms with van der Waals surface area (Å²) in [6.07, 6.45) is 4.43. The van der Waals surface area contributed by atoms with Crippen LogP contribution in [0.4, 0.5) is 10.5 Å². The molecule has 3 rings (SSSR count). The molecular formula is C29H48N4O6Si. The Kier molecular flexibility index (Phi) is 9.95. The summed E-state index contributed by atoms with van der Waals surface area (Å²) in [6.45, 7) is 16.9. The molecule has 1 aliphatic rings. The third kappa shape index (κ3) is 8.44. The van der Waals surface area contributed by atoms with Gasteiger partial charge in [-0.05, 0) is 71.9 Å². The van der Waals surface area contributed by atoms with E-state index >= 15 is 0 Å². The maximum absolute atomic E-state index is 12.2. The number of carboxylic acid groups (broad SMARTS) is 1. The van der Waals surface area contributed by atoms with Gasteiger partial charge in [0.2, 0.25) is 0 Å². The SMILES string of the molecule is CCC(C)(O)c1cc2c(N[C@H]3CC[C@H](NC(=O)OC(C)(C)C)CC3)c(C(=O)O)cnc2n1COCC[Si](C)(C)C. The quantitative estimate of drug-likeness (QED) is 0.191. The van der Waals surface area contributed by atoms with Crippen molar-refractivity contribution in [1.82, 2.24) is 14.9 Å². The number of carbonyl (C=O) groups is 2. The molecule has 4 N–H and O–H groups in total. The second-order valence-corrected chi connectivity index (χ2v) is 19.0. The van der Waals surface area contributed by atoms with Crippen LogP contribution in [0.2, 0.25) is 25.7 Å². The molecule has 0 radical (unpaired) electrons. The molecule has 1 fully saturated rings. The van der Waals surface area contributed by atoms with Gasteiger partial charge in [0.05, 0.1) is 11.4 Å². The summed E-state index contributed by atoms with van der Waals surface area (Å²) in [6, 6.07) is 2.88. The molecule has 0 spiro atoms. The fraction of sp³-hybridized carbons (Fsp3) is 0.690. The van der Waals surface area contributed by atoms with Crippen LogP contribution < -0.4 is 10.6 Å². The van der Waals surface area contributed by atoms with Gasteiger partial charge in [0.1, 0.15) is 29.1 Å². The summed E-state index contributed by atoms with van der Waals surface area (Å²) >= 11 is 0. The summed E-state index contributed by atoms with van der Waals surface area (Å²) in [4.78, 5) is 28.9. The van der Waals surface area contributed by atoms with Crippen molar-refractivity contribution < 1.29 is 29.3 Å².